The molecule has 410 valence electrons. The molecule has 0 saturated heterocycles. The number of nitrogens with one attached hydrogen (secondary N) is 2. The van der Waals surface area contributed by atoms with Gasteiger partial charge in [-0.25, -0.2) is 0 Å². The highest BCUT2D eigenvalue weighted by Crippen LogP contribution is 2.52. The van der Waals surface area contributed by atoms with Crippen LogP contribution < -0.4 is 20.4 Å². The Kier molecular flexibility index (Phi) is 17.8. The molecule has 0 fully saturated rings. The smallest absolute Gasteiger partial charge is 0.305 e. The monoisotopic (exact) mass is 1100 g/mol. The highest BCUT2D eigenvalue weighted by molar-refractivity contribution is 7.86. The summed E-state index contributed by atoms with van der Waals surface area (Å²) in [4.78, 5) is 45.9. The molecule has 0 saturated carbocycles. The van der Waals surface area contributed by atoms with E-state index in [9.17, 15) is 53.3 Å². The van der Waals surface area contributed by atoms with E-state index >= 15 is 0 Å². The SMILES string of the molecule is CCOC(=O)CCCCCNC(=O)C1(C(=O)NCCS(=O)(=O)O)CC(/C=C/C2N(CCCS(=O)(=O)O)c3ccc4ccccc4c3C2(C)C)=CC(=C/C=C2/N(CCCS(=O)(=O)O)c3ccc4ccccc4c3C2(C)C)/C1. The maximum Gasteiger partial charge on any atom is 0.305 e. The maximum atomic E-state index is 15.0. The number of hydrogen-bond donors (Lipinski definition) is 5. The summed E-state index contributed by atoms with van der Waals surface area (Å²) in [6, 6.07) is 23.5. The Morgan fingerprint density at radius 2 is 1.25 bits per heavy atom. The van der Waals surface area contributed by atoms with Gasteiger partial charge in [0.25, 0.3) is 30.4 Å². The third-order valence-electron chi connectivity index (χ3n) is 14.8. The van der Waals surface area contributed by atoms with Gasteiger partial charge in [-0.3, -0.25) is 28.0 Å². The molecule has 0 aromatic heterocycles. The van der Waals surface area contributed by atoms with Gasteiger partial charge >= 0.3 is 5.97 Å². The molecular formula is C56H70N4O13S3. The minimum Gasteiger partial charge on any atom is -0.466 e. The molecule has 0 radical (unpaired) electrons. The number of benzene rings is 4. The average molecular weight is 1100 g/mol. The van der Waals surface area contributed by atoms with Crippen LogP contribution in [-0.2, 0) is 60.3 Å². The number of amides is 2. The molecule has 2 amide bonds. The van der Waals surface area contributed by atoms with Crippen LogP contribution in [0.3, 0.4) is 0 Å². The first kappa shape index (κ1) is 57.8. The fourth-order valence-corrected chi connectivity index (χ4v) is 12.7. The zero-order valence-electron chi connectivity index (χ0n) is 43.7. The van der Waals surface area contributed by atoms with Gasteiger partial charge in [0.2, 0.25) is 11.8 Å². The molecule has 20 heteroatoms. The lowest BCUT2D eigenvalue weighted by Gasteiger charge is -2.36. The predicted octanol–water partition coefficient (Wildman–Crippen LogP) is 8.13. The van der Waals surface area contributed by atoms with E-state index in [0.717, 1.165) is 49.7 Å². The van der Waals surface area contributed by atoms with Gasteiger partial charge in [-0.05, 0) is 107 Å². The van der Waals surface area contributed by atoms with E-state index in [4.69, 9.17) is 4.74 Å². The molecule has 4 aromatic carbocycles. The summed E-state index contributed by atoms with van der Waals surface area (Å²) in [6.07, 6.45) is 11.2. The Bertz CT molecular complexity index is 3350. The van der Waals surface area contributed by atoms with Crippen LogP contribution in [0.1, 0.15) is 97.1 Å². The van der Waals surface area contributed by atoms with Crippen LogP contribution >= 0.6 is 0 Å². The molecule has 2 unspecified atom stereocenters. The third kappa shape index (κ3) is 13.4. The predicted molar refractivity (Wildman–Crippen MR) is 297 cm³/mol. The van der Waals surface area contributed by atoms with E-state index in [1.165, 1.54) is 0 Å². The van der Waals surface area contributed by atoms with Crippen LogP contribution in [0.4, 0.5) is 11.4 Å². The van der Waals surface area contributed by atoms with Gasteiger partial charge < -0.3 is 25.2 Å². The number of nitrogens with zero attached hydrogens (tertiary/aromatic N) is 2. The Morgan fingerprint density at radius 3 is 1.87 bits per heavy atom. The number of rotatable bonds is 23. The van der Waals surface area contributed by atoms with Crippen molar-refractivity contribution in [2.75, 3.05) is 59.8 Å². The van der Waals surface area contributed by atoms with Crippen molar-refractivity contribution in [1.82, 2.24) is 10.6 Å². The molecule has 2 heterocycles. The Labute approximate surface area is 446 Å². The van der Waals surface area contributed by atoms with Crippen molar-refractivity contribution in [2.45, 2.75) is 103 Å². The summed E-state index contributed by atoms with van der Waals surface area (Å²) >= 11 is 0. The van der Waals surface area contributed by atoms with E-state index in [1.54, 1.807) is 6.92 Å². The second-order valence-corrected chi connectivity index (χ2v) is 25.7. The molecule has 0 spiro atoms. The maximum absolute atomic E-state index is 15.0. The van der Waals surface area contributed by atoms with Crippen molar-refractivity contribution in [3.8, 4) is 0 Å². The summed E-state index contributed by atoms with van der Waals surface area (Å²) in [5.41, 5.74) is 2.55. The quantitative estimate of drug-likeness (QED) is 0.0203. The normalized spacial score (nSPS) is 20.3. The number of carbonyl (C=O) groups is 3. The molecular weight excluding hydrogens is 1030 g/mol. The number of allylic oxidation sites excluding steroid dienone is 7. The summed E-state index contributed by atoms with van der Waals surface area (Å²) in [5.74, 6) is -3.44. The van der Waals surface area contributed by atoms with E-state index < -0.39 is 88.3 Å². The highest BCUT2D eigenvalue weighted by Gasteiger charge is 2.49. The summed E-state index contributed by atoms with van der Waals surface area (Å²) in [7, 11) is -13.1. The molecule has 17 nitrogen and oxygen atoms in total. The number of ether oxygens (including phenoxy) is 1. The van der Waals surface area contributed by atoms with Crippen LogP contribution in [0.5, 0.6) is 0 Å². The minimum atomic E-state index is -4.51. The van der Waals surface area contributed by atoms with Crippen molar-refractivity contribution in [3.63, 3.8) is 0 Å². The Hall–Kier alpha value is -5.90. The van der Waals surface area contributed by atoms with E-state index in [-0.39, 0.29) is 64.3 Å². The number of carbonyl (C=O) groups excluding carboxylic acids is 3. The first-order valence-electron chi connectivity index (χ1n) is 25.7. The molecule has 5 N–H and O–H groups in total. The molecule has 2 aliphatic heterocycles. The fraction of sp³-hybridized carbons (Fsp3) is 0.446. The fourth-order valence-electron chi connectivity index (χ4n) is 11.3. The van der Waals surface area contributed by atoms with Gasteiger partial charge in [-0.15, -0.1) is 0 Å². The number of hydrogen-bond acceptors (Lipinski definition) is 12. The van der Waals surface area contributed by atoms with Gasteiger partial charge in [-0.1, -0.05) is 119 Å². The number of esters is 1. The lowest BCUT2D eigenvalue weighted by atomic mass is 9.70. The third-order valence-corrected chi connectivity index (χ3v) is 17.1. The summed E-state index contributed by atoms with van der Waals surface area (Å²) < 4.78 is 106. The van der Waals surface area contributed by atoms with Crippen LogP contribution in [0.2, 0.25) is 0 Å². The van der Waals surface area contributed by atoms with E-state index in [2.05, 4.69) is 43.2 Å². The van der Waals surface area contributed by atoms with Gasteiger partial charge in [0, 0.05) is 60.5 Å². The number of anilines is 2. The Balaban J connectivity index is 1.34. The molecule has 2 atom stereocenters. The van der Waals surface area contributed by atoms with E-state index in [1.807, 2.05) is 108 Å². The van der Waals surface area contributed by atoms with E-state index in [0.29, 0.717) is 30.4 Å². The lowest BCUT2D eigenvalue weighted by molar-refractivity contribution is -0.144. The van der Waals surface area contributed by atoms with Crippen molar-refractivity contribution >= 4 is 81.1 Å². The van der Waals surface area contributed by atoms with Gasteiger partial charge in [0.1, 0.15) is 5.41 Å². The zero-order valence-corrected chi connectivity index (χ0v) is 46.2. The minimum absolute atomic E-state index is 0.101. The molecule has 76 heavy (non-hydrogen) atoms. The highest BCUT2D eigenvalue weighted by atomic mass is 32.2. The molecule has 7 rings (SSSR count). The van der Waals surface area contributed by atoms with Gasteiger partial charge in [-0.2, -0.15) is 25.3 Å². The second-order valence-electron chi connectivity index (χ2n) is 21.0. The molecule has 4 aromatic rings. The van der Waals surface area contributed by atoms with Crippen molar-refractivity contribution in [3.05, 3.63) is 131 Å². The molecule has 0 bridgehead atoms. The molecule has 3 aliphatic rings. The largest absolute Gasteiger partial charge is 0.466 e. The first-order valence-corrected chi connectivity index (χ1v) is 30.5. The van der Waals surface area contributed by atoms with Crippen molar-refractivity contribution < 1.29 is 58.0 Å². The van der Waals surface area contributed by atoms with Crippen molar-refractivity contribution in [1.29, 1.82) is 0 Å². The second kappa shape index (κ2) is 23.4. The van der Waals surface area contributed by atoms with Crippen LogP contribution in [0, 0.1) is 5.41 Å². The van der Waals surface area contributed by atoms with Crippen molar-refractivity contribution in [2.24, 2.45) is 5.41 Å². The Morgan fingerprint density at radius 1 is 0.671 bits per heavy atom. The average Bonchev–Trinajstić information content (AvgIpc) is 3.72. The standard InChI is InChI=1S/C56H70N4O13S3/c1-6-73-49(61)20-8-7-13-29-57-52(62)56(53(63)58-30-35-76(70,71)72)37-39(21-27-47-54(2,3)50-43-18-11-9-16-41(43)23-25-45(50)59(47)31-14-33-74(64,65)66)36-40(38-56)22-28-48-55(4,5)51-44-19-12-10-17-42(44)24-26-46(51)60(48)32-15-34-75(67,68)69/h9-12,16-19,21-28,36,47H,6-8,13-15,20,29-35,37-38H2,1-5H3,(H,57,62)(H,58,63)(H,64,65,66)(H,67,68,69)(H,70,71,72)/b27-21+,40-22-,48-28+. The number of fused-ring (bicyclic) bond motifs is 6. The molecule has 1 aliphatic carbocycles. The number of unbranched alkanes of at least 4 members (excludes halogenated alkanes) is 2. The lowest BCUT2D eigenvalue weighted by Crippen LogP contribution is -2.53. The van der Waals surface area contributed by atoms with Gasteiger partial charge in [0.15, 0.2) is 0 Å². The zero-order chi connectivity index (χ0) is 55.3. The summed E-state index contributed by atoms with van der Waals surface area (Å²) in [5, 5.41) is 9.64. The topological polar surface area (TPSA) is 254 Å². The first-order chi connectivity index (χ1) is 35.8. The van der Waals surface area contributed by atoms with Crippen LogP contribution in [0.25, 0.3) is 21.5 Å². The summed E-state index contributed by atoms with van der Waals surface area (Å²) in [6.45, 7) is 10.5. The van der Waals surface area contributed by atoms with Crippen LogP contribution in [-0.4, -0.2) is 113 Å². The van der Waals surface area contributed by atoms with Crippen LogP contribution in [0.15, 0.2) is 120 Å². The van der Waals surface area contributed by atoms with Gasteiger partial charge in [0.05, 0.1) is 29.9 Å².